The zero-order valence-corrected chi connectivity index (χ0v) is 10.2. The van der Waals surface area contributed by atoms with Gasteiger partial charge in [0, 0.05) is 22.5 Å². The maximum Gasteiger partial charge on any atom is 0.241 e. The standard InChI is InChI=1S/C8H7BrClNO2S/c9-7-1-5(3-10)2-8-6(7)4-11-14(8,12)13/h1-2,11H,3-4H2. The molecule has 2 rings (SSSR count). The van der Waals surface area contributed by atoms with Crippen LogP contribution >= 0.6 is 27.5 Å². The van der Waals surface area contributed by atoms with Crippen molar-refractivity contribution < 1.29 is 8.42 Å². The van der Waals surface area contributed by atoms with Gasteiger partial charge in [-0.05, 0) is 17.7 Å². The van der Waals surface area contributed by atoms with E-state index < -0.39 is 10.0 Å². The van der Waals surface area contributed by atoms with Crippen LogP contribution in [0.4, 0.5) is 0 Å². The summed E-state index contributed by atoms with van der Waals surface area (Å²) < 4.78 is 26.2. The number of fused-ring (bicyclic) bond motifs is 1. The molecule has 0 aromatic heterocycles. The third-order valence-electron chi connectivity index (χ3n) is 2.10. The van der Waals surface area contributed by atoms with Gasteiger partial charge in [-0.1, -0.05) is 15.9 Å². The normalized spacial score (nSPS) is 18.1. The van der Waals surface area contributed by atoms with Crippen LogP contribution in [0.3, 0.4) is 0 Å². The van der Waals surface area contributed by atoms with Crippen molar-refractivity contribution >= 4 is 37.6 Å². The van der Waals surface area contributed by atoms with E-state index >= 15 is 0 Å². The highest BCUT2D eigenvalue weighted by Gasteiger charge is 2.27. The number of halogens is 2. The molecule has 0 spiro atoms. The van der Waals surface area contributed by atoms with E-state index in [9.17, 15) is 8.42 Å². The fraction of sp³-hybridized carbons (Fsp3) is 0.250. The highest BCUT2D eigenvalue weighted by atomic mass is 79.9. The van der Waals surface area contributed by atoms with E-state index in [1.807, 2.05) is 6.07 Å². The predicted molar refractivity (Wildman–Crippen MR) is 57.7 cm³/mol. The van der Waals surface area contributed by atoms with Crippen molar-refractivity contribution in [1.29, 1.82) is 0 Å². The fourth-order valence-corrected chi connectivity index (χ4v) is 3.63. The Morgan fingerprint density at radius 3 is 2.86 bits per heavy atom. The first-order chi connectivity index (χ1) is 6.54. The quantitative estimate of drug-likeness (QED) is 0.806. The van der Waals surface area contributed by atoms with Crippen LogP contribution in [0.15, 0.2) is 21.5 Å². The zero-order chi connectivity index (χ0) is 10.3. The molecule has 0 saturated heterocycles. The lowest BCUT2D eigenvalue weighted by Gasteiger charge is -2.02. The number of sulfonamides is 1. The molecule has 0 unspecified atom stereocenters. The zero-order valence-electron chi connectivity index (χ0n) is 7.05. The summed E-state index contributed by atoms with van der Waals surface area (Å²) in [7, 11) is -3.30. The van der Waals surface area contributed by atoms with Crippen LogP contribution in [0.5, 0.6) is 0 Å². The monoisotopic (exact) mass is 295 g/mol. The molecule has 1 N–H and O–H groups in total. The Morgan fingerprint density at radius 2 is 2.21 bits per heavy atom. The molecule has 0 atom stereocenters. The Morgan fingerprint density at radius 1 is 1.50 bits per heavy atom. The molecule has 0 aliphatic carbocycles. The number of benzene rings is 1. The third kappa shape index (κ3) is 1.58. The Balaban J connectivity index is 2.71. The second kappa shape index (κ2) is 3.48. The van der Waals surface area contributed by atoms with Crippen LogP contribution in [-0.2, 0) is 22.4 Å². The number of nitrogens with one attached hydrogen (secondary N) is 1. The molecular formula is C8H7BrClNO2S. The second-order valence-corrected chi connectivity index (χ2v) is 5.87. The lowest BCUT2D eigenvalue weighted by atomic mass is 10.1. The minimum absolute atomic E-state index is 0.307. The summed E-state index contributed by atoms with van der Waals surface area (Å²) in [5.41, 5.74) is 1.57. The minimum atomic E-state index is -3.30. The molecule has 0 amide bonds. The van der Waals surface area contributed by atoms with Crippen LogP contribution in [0.25, 0.3) is 0 Å². The lowest BCUT2D eigenvalue weighted by Crippen LogP contribution is -2.13. The van der Waals surface area contributed by atoms with Crippen molar-refractivity contribution in [2.75, 3.05) is 0 Å². The van der Waals surface area contributed by atoms with Gasteiger partial charge < -0.3 is 0 Å². The maximum atomic E-state index is 11.5. The van der Waals surface area contributed by atoms with E-state index in [4.69, 9.17) is 11.6 Å². The van der Waals surface area contributed by atoms with E-state index in [0.717, 1.165) is 15.6 Å². The van der Waals surface area contributed by atoms with E-state index in [-0.39, 0.29) is 0 Å². The van der Waals surface area contributed by atoms with E-state index in [1.54, 1.807) is 6.07 Å². The van der Waals surface area contributed by atoms with Gasteiger partial charge in [0.2, 0.25) is 10.0 Å². The molecule has 1 aliphatic heterocycles. The summed E-state index contributed by atoms with van der Waals surface area (Å²) in [6, 6.07) is 3.46. The SMILES string of the molecule is O=S1(=O)NCc2c(Br)cc(CCl)cc21. The van der Waals surface area contributed by atoms with Crippen molar-refractivity contribution in [3.8, 4) is 0 Å². The second-order valence-electron chi connectivity index (χ2n) is 3.01. The van der Waals surface area contributed by atoms with E-state index in [0.29, 0.717) is 17.3 Å². The van der Waals surface area contributed by atoms with Gasteiger partial charge >= 0.3 is 0 Å². The highest BCUT2D eigenvalue weighted by molar-refractivity contribution is 9.10. The van der Waals surface area contributed by atoms with E-state index in [2.05, 4.69) is 20.7 Å². The maximum absolute atomic E-state index is 11.5. The molecule has 6 heteroatoms. The topological polar surface area (TPSA) is 46.2 Å². The predicted octanol–water partition coefficient (Wildman–Crippen LogP) is 1.98. The summed E-state index contributed by atoms with van der Waals surface area (Å²) in [6.07, 6.45) is 0. The molecule has 14 heavy (non-hydrogen) atoms. The Bertz CT molecular complexity index is 486. The summed E-state index contributed by atoms with van der Waals surface area (Å²) in [5.74, 6) is 0.307. The molecule has 0 saturated carbocycles. The van der Waals surface area contributed by atoms with E-state index in [1.165, 1.54) is 0 Å². The first kappa shape index (κ1) is 10.4. The average Bonchev–Trinajstić information content (AvgIpc) is 2.43. The number of hydrogen-bond donors (Lipinski definition) is 1. The van der Waals surface area contributed by atoms with Crippen molar-refractivity contribution in [2.24, 2.45) is 0 Å². The van der Waals surface area contributed by atoms with Gasteiger partial charge in [-0.2, -0.15) is 0 Å². The molecule has 0 fully saturated rings. The summed E-state index contributed by atoms with van der Waals surface area (Å²) in [6.45, 7) is 0.348. The van der Waals surface area contributed by atoms with Gasteiger partial charge in [-0.3, -0.25) is 0 Å². The van der Waals surface area contributed by atoms with Gasteiger partial charge in [0.05, 0.1) is 4.90 Å². The number of hydrogen-bond acceptors (Lipinski definition) is 2. The minimum Gasteiger partial charge on any atom is -0.207 e. The lowest BCUT2D eigenvalue weighted by molar-refractivity contribution is 0.589. The molecular weight excluding hydrogens is 290 g/mol. The first-order valence-electron chi connectivity index (χ1n) is 3.91. The number of alkyl halides is 1. The van der Waals surface area contributed by atoms with Crippen LogP contribution in [0.1, 0.15) is 11.1 Å². The van der Waals surface area contributed by atoms with Gasteiger partial charge in [0.1, 0.15) is 0 Å². The van der Waals surface area contributed by atoms with Crippen molar-refractivity contribution in [1.82, 2.24) is 4.72 Å². The van der Waals surface area contributed by atoms with Crippen LogP contribution in [0.2, 0.25) is 0 Å². The Kier molecular flexibility index (Phi) is 2.59. The largest absolute Gasteiger partial charge is 0.241 e. The first-order valence-corrected chi connectivity index (χ1v) is 6.72. The Labute approximate surface area is 95.6 Å². The average molecular weight is 297 g/mol. The molecule has 0 bridgehead atoms. The smallest absolute Gasteiger partial charge is 0.207 e. The van der Waals surface area contributed by atoms with Crippen molar-refractivity contribution in [2.45, 2.75) is 17.3 Å². The van der Waals surface area contributed by atoms with Crippen molar-refractivity contribution in [3.63, 3.8) is 0 Å². The van der Waals surface area contributed by atoms with Gasteiger partial charge in [0.15, 0.2) is 0 Å². The fourth-order valence-electron chi connectivity index (χ4n) is 1.40. The molecule has 1 aromatic rings. The Hall–Kier alpha value is -0.100. The highest BCUT2D eigenvalue weighted by Crippen LogP contribution is 2.31. The molecule has 1 heterocycles. The van der Waals surface area contributed by atoms with Gasteiger partial charge in [-0.15, -0.1) is 11.6 Å². The van der Waals surface area contributed by atoms with Gasteiger partial charge in [0.25, 0.3) is 0 Å². The molecule has 3 nitrogen and oxygen atoms in total. The van der Waals surface area contributed by atoms with Gasteiger partial charge in [-0.25, -0.2) is 13.1 Å². The van der Waals surface area contributed by atoms with Crippen molar-refractivity contribution in [3.05, 3.63) is 27.7 Å². The molecule has 1 aromatic carbocycles. The third-order valence-corrected chi connectivity index (χ3v) is 4.58. The summed E-state index contributed by atoms with van der Waals surface area (Å²) >= 11 is 8.99. The number of rotatable bonds is 1. The van der Waals surface area contributed by atoms with Crippen LogP contribution in [0, 0.1) is 0 Å². The summed E-state index contributed by atoms with van der Waals surface area (Å²) in [5, 5.41) is 0. The molecule has 1 aliphatic rings. The summed E-state index contributed by atoms with van der Waals surface area (Å²) in [4.78, 5) is 0.336. The molecule has 76 valence electrons. The molecule has 0 radical (unpaired) electrons. The van der Waals surface area contributed by atoms with Crippen LogP contribution in [-0.4, -0.2) is 8.42 Å². The van der Waals surface area contributed by atoms with Crippen LogP contribution < -0.4 is 4.72 Å².